The van der Waals surface area contributed by atoms with E-state index in [1.165, 1.54) is 13.3 Å². The van der Waals surface area contributed by atoms with Crippen molar-refractivity contribution in [2.75, 3.05) is 12.4 Å². The van der Waals surface area contributed by atoms with E-state index in [2.05, 4.69) is 10.3 Å². The number of rotatable bonds is 3. The second-order valence-corrected chi connectivity index (χ2v) is 4.27. The number of carbonyl (C=O) groups is 2. The molecule has 6 heteroatoms. The molecule has 0 aliphatic carbocycles. The number of amides is 1. The Morgan fingerprint density at radius 1 is 1.47 bits per heavy atom. The molecule has 1 aromatic carbocycles. The predicted octanol–water partition coefficient (Wildman–Crippen LogP) is 2.13. The first-order valence-electron chi connectivity index (χ1n) is 5.51. The molecule has 0 aromatic heterocycles. The third-order valence-electron chi connectivity index (χ3n) is 2.51. The average Bonchev–Trinajstić information content (AvgIpc) is 2.38. The molecular weight excluding hydrogens is 268 g/mol. The Hall–Kier alpha value is -2.14. The molecule has 2 rings (SSSR count). The van der Waals surface area contributed by atoms with E-state index in [1.807, 2.05) is 0 Å². The van der Waals surface area contributed by atoms with Crippen molar-refractivity contribution in [2.24, 2.45) is 4.99 Å². The molecular formula is C13H11ClN2O3. The molecule has 1 heterocycles. The zero-order valence-electron chi connectivity index (χ0n) is 10.1. The number of carbonyl (C=O) groups excluding carboxylic acids is 2. The van der Waals surface area contributed by atoms with Gasteiger partial charge in [-0.25, -0.2) is 4.99 Å². The number of benzene rings is 1. The van der Waals surface area contributed by atoms with Gasteiger partial charge < -0.3 is 10.1 Å². The van der Waals surface area contributed by atoms with Gasteiger partial charge >= 0.3 is 0 Å². The van der Waals surface area contributed by atoms with Gasteiger partial charge in [0.15, 0.2) is 5.78 Å². The molecule has 0 bridgehead atoms. The van der Waals surface area contributed by atoms with Gasteiger partial charge in [0.25, 0.3) is 5.91 Å². The van der Waals surface area contributed by atoms with Crippen molar-refractivity contribution in [1.29, 1.82) is 0 Å². The number of Topliss-reactive ketones (excluding diaryl/α,β-unsaturated/α-hetero) is 1. The monoisotopic (exact) mass is 278 g/mol. The van der Waals surface area contributed by atoms with Crippen LogP contribution in [0.5, 0.6) is 5.75 Å². The zero-order chi connectivity index (χ0) is 13.8. The number of halogens is 1. The van der Waals surface area contributed by atoms with Crippen LogP contribution in [0.15, 0.2) is 41.0 Å². The number of hydrogen-bond acceptors (Lipinski definition) is 4. The summed E-state index contributed by atoms with van der Waals surface area (Å²) in [4.78, 5) is 27.3. The van der Waals surface area contributed by atoms with Crippen molar-refractivity contribution in [3.8, 4) is 5.75 Å². The van der Waals surface area contributed by atoms with Crippen molar-refractivity contribution in [3.63, 3.8) is 0 Å². The lowest BCUT2D eigenvalue weighted by Crippen LogP contribution is -2.23. The molecule has 0 spiro atoms. The summed E-state index contributed by atoms with van der Waals surface area (Å²) in [6.45, 7) is 0. The zero-order valence-corrected chi connectivity index (χ0v) is 10.9. The first-order valence-corrected chi connectivity index (χ1v) is 5.89. The molecule has 0 atom stereocenters. The Bertz CT molecular complexity index is 593. The van der Waals surface area contributed by atoms with Crippen molar-refractivity contribution in [3.05, 3.63) is 36.0 Å². The molecule has 1 aliphatic heterocycles. The maximum Gasteiger partial charge on any atom is 0.260 e. The van der Waals surface area contributed by atoms with Crippen LogP contribution in [0.1, 0.15) is 6.42 Å². The molecule has 0 radical (unpaired) electrons. The van der Waals surface area contributed by atoms with Gasteiger partial charge in [-0.15, -0.1) is 0 Å². The maximum atomic E-state index is 11.9. The predicted molar refractivity (Wildman–Crippen MR) is 72.6 cm³/mol. The van der Waals surface area contributed by atoms with Gasteiger partial charge in [0.2, 0.25) is 0 Å². The summed E-state index contributed by atoms with van der Waals surface area (Å²) in [5, 5.41) is 2.79. The summed E-state index contributed by atoms with van der Waals surface area (Å²) in [5.74, 6) is -0.241. The highest BCUT2D eigenvalue weighted by Crippen LogP contribution is 2.18. The number of aliphatic imine (C=N–C) groups is 1. The van der Waals surface area contributed by atoms with E-state index in [4.69, 9.17) is 16.3 Å². The Morgan fingerprint density at radius 3 is 2.95 bits per heavy atom. The van der Waals surface area contributed by atoms with E-state index in [9.17, 15) is 9.59 Å². The number of methoxy groups -OCH3 is 1. The normalized spacial score (nSPS) is 14.5. The smallest absolute Gasteiger partial charge is 0.260 e. The highest BCUT2D eigenvalue weighted by molar-refractivity contribution is 6.67. The topological polar surface area (TPSA) is 67.8 Å². The molecule has 0 fully saturated rings. The summed E-state index contributed by atoms with van der Waals surface area (Å²) < 4.78 is 5.04. The minimum Gasteiger partial charge on any atom is -0.497 e. The Kier molecular flexibility index (Phi) is 3.97. The Balaban J connectivity index is 2.15. The number of ketones is 1. The maximum absolute atomic E-state index is 11.9. The van der Waals surface area contributed by atoms with Gasteiger partial charge in [-0.05, 0) is 12.1 Å². The summed E-state index contributed by atoms with van der Waals surface area (Å²) in [5.41, 5.74) is 0.533. The average molecular weight is 279 g/mol. The van der Waals surface area contributed by atoms with Crippen LogP contribution in [0.25, 0.3) is 0 Å². The third kappa shape index (κ3) is 3.20. The summed E-state index contributed by atoms with van der Waals surface area (Å²) >= 11 is 5.62. The highest BCUT2D eigenvalue weighted by atomic mass is 35.5. The second kappa shape index (κ2) is 5.67. The van der Waals surface area contributed by atoms with Gasteiger partial charge in [-0.2, -0.15) is 0 Å². The quantitative estimate of drug-likeness (QED) is 0.861. The lowest BCUT2D eigenvalue weighted by atomic mass is 10.1. The fraction of sp³-hybridized carbons (Fsp3) is 0.154. The molecule has 98 valence electrons. The van der Waals surface area contributed by atoms with E-state index in [0.29, 0.717) is 11.4 Å². The number of nitrogens with one attached hydrogen (secondary N) is 1. The van der Waals surface area contributed by atoms with Crippen molar-refractivity contribution in [2.45, 2.75) is 6.42 Å². The number of ether oxygens (including phenoxy) is 1. The molecule has 19 heavy (non-hydrogen) atoms. The summed E-state index contributed by atoms with van der Waals surface area (Å²) in [6.07, 6.45) is 1.14. The number of anilines is 1. The van der Waals surface area contributed by atoms with Gasteiger partial charge in [0, 0.05) is 18.0 Å². The molecule has 1 N–H and O–H groups in total. The van der Waals surface area contributed by atoms with E-state index in [0.717, 1.165) is 0 Å². The van der Waals surface area contributed by atoms with E-state index in [-0.39, 0.29) is 22.9 Å². The van der Waals surface area contributed by atoms with Crippen LogP contribution in [0.3, 0.4) is 0 Å². The first-order chi connectivity index (χ1) is 9.10. The van der Waals surface area contributed by atoms with Gasteiger partial charge in [0.1, 0.15) is 16.5 Å². The van der Waals surface area contributed by atoms with Crippen LogP contribution >= 0.6 is 11.6 Å². The molecule has 0 saturated heterocycles. The standard InChI is InChI=1S/C13H11ClN2O3/c1-19-9-4-2-3-8(5-9)16-13(18)10-7-15-12(14)6-11(10)17/h2-5,7H,6H2,1H3,(H,16,18). The van der Waals surface area contributed by atoms with Crippen LogP contribution in [0.2, 0.25) is 0 Å². The molecule has 1 amide bonds. The van der Waals surface area contributed by atoms with Crippen LogP contribution in [0.4, 0.5) is 5.69 Å². The van der Waals surface area contributed by atoms with E-state index in [1.54, 1.807) is 24.3 Å². The SMILES string of the molecule is COc1cccc(NC(=O)C2=CN=C(Cl)CC2=O)c1. The van der Waals surface area contributed by atoms with Crippen molar-refractivity contribution >= 4 is 34.1 Å². The van der Waals surface area contributed by atoms with Crippen LogP contribution in [0, 0.1) is 0 Å². The van der Waals surface area contributed by atoms with Crippen LogP contribution in [-0.4, -0.2) is 24.0 Å². The molecule has 1 aliphatic rings. The van der Waals surface area contributed by atoms with E-state index >= 15 is 0 Å². The van der Waals surface area contributed by atoms with Crippen LogP contribution in [-0.2, 0) is 9.59 Å². The minimum absolute atomic E-state index is 0.00720. The van der Waals surface area contributed by atoms with Gasteiger partial charge in [-0.1, -0.05) is 17.7 Å². The fourth-order valence-electron chi connectivity index (χ4n) is 1.56. The molecule has 5 nitrogen and oxygen atoms in total. The van der Waals surface area contributed by atoms with Crippen molar-refractivity contribution in [1.82, 2.24) is 0 Å². The summed E-state index contributed by atoms with van der Waals surface area (Å²) in [7, 11) is 1.53. The molecule has 0 unspecified atom stereocenters. The molecule has 0 saturated carbocycles. The lowest BCUT2D eigenvalue weighted by molar-refractivity contribution is -0.119. The molecule has 1 aromatic rings. The lowest BCUT2D eigenvalue weighted by Gasteiger charge is -2.10. The van der Waals surface area contributed by atoms with Gasteiger partial charge in [-0.3, -0.25) is 9.59 Å². The highest BCUT2D eigenvalue weighted by Gasteiger charge is 2.22. The third-order valence-corrected chi connectivity index (χ3v) is 2.74. The largest absolute Gasteiger partial charge is 0.497 e. The second-order valence-electron chi connectivity index (χ2n) is 3.83. The van der Waals surface area contributed by atoms with E-state index < -0.39 is 5.91 Å². The number of nitrogens with zero attached hydrogens (tertiary/aromatic N) is 1. The van der Waals surface area contributed by atoms with Crippen LogP contribution < -0.4 is 10.1 Å². The number of hydrogen-bond donors (Lipinski definition) is 1. The first kappa shape index (κ1) is 13.3. The minimum atomic E-state index is -0.508. The Morgan fingerprint density at radius 2 is 2.26 bits per heavy atom. The Labute approximate surface area is 114 Å². The van der Waals surface area contributed by atoms with Gasteiger partial charge in [0.05, 0.1) is 13.5 Å². The fourth-order valence-corrected chi connectivity index (χ4v) is 1.73. The summed E-state index contributed by atoms with van der Waals surface area (Å²) in [6, 6.07) is 6.85. The van der Waals surface area contributed by atoms with Crippen molar-refractivity contribution < 1.29 is 14.3 Å².